The molecule has 0 fully saturated rings. The number of methoxy groups -OCH3 is 2. The van der Waals surface area contributed by atoms with E-state index < -0.39 is 16.1 Å². The molecule has 19 heavy (non-hydrogen) atoms. The summed E-state index contributed by atoms with van der Waals surface area (Å²) in [5.74, 6) is 0.147. The zero-order valence-corrected chi connectivity index (χ0v) is 11.6. The van der Waals surface area contributed by atoms with Crippen LogP contribution in [0.4, 0.5) is 5.69 Å². The lowest BCUT2D eigenvalue weighted by atomic mass is 10.3. The SMILES string of the molecule is COCC(O)CNS(=O)(=O)c1ccc(N)cc1OC. The second kappa shape index (κ2) is 6.71. The number of aliphatic hydroxyl groups excluding tert-OH is 1. The van der Waals surface area contributed by atoms with E-state index in [1.807, 2.05) is 0 Å². The summed E-state index contributed by atoms with van der Waals surface area (Å²) >= 11 is 0. The van der Waals surface area contributed by atoms with E-state index in [9.17, 15) is 13.5 Å². The lowest BCUT2D eigenvalue weighted by Gasteiger charge is -2.13. The average Bonchev–Trinajstić information content (AvgIpc) is 2.36. The molecule has 0 heterocycles. The van der Waals surface area contributed by atoms with Gasteiger partial charge in [0, 0.05) is 25.4 Å². The number of sulfonamides is 1. The van der Waals surface area contributed by atoms with Crippen molar-refractivity contribution in [1.82, 2.24) is 4.72 Å². The quantitative estimate of drug-likeness (QED) is 0.587. The van der Waals surface area contributed by atoms with Crippen LogP contribution in [0.3, 0.4) is 0 Å². The Bertz CT molecular complexity index is 518. The van der Waals surface area contributed by atoms with Gasteiger partial charge in [-0.3, -0.25) is 0 Å². The predicted molar refractivity (Wildman–Crippen MR) is 70.5 cm³/mol. The highest BCUT2D eigenvalue weighted by molar-refractivity contribution is 7.89. The van der Waals surface area contributed by atoms with Gasteiger partial charge in [0.2, 0.25) is 10.0 Å². The number of rotatable bonds is 7. The van der Waals surface area contributed by atoms with Crippen LogP contribution in [0.2, 0.25) is 0 Å². The molecule has 1 atom stereocenters. The standard InChI is InChI=1S/C11H18N2O5S/c1-17-7-9(14)6-13-19(15,16)11-4-3-8(12)5-10(11)18-2/h3-5,9,13-14H,6-7,12H2,1-2H3. The van der Waals surface area contributed by atoms with Crippen LogP contribution >= 0.6 is 0 Å². The van der Waals surface area contributed by atoms with Gasteiger partial charge in [-0.15, -0.1) is 0 Å². The topological polar surface area (TPSA) is 111 Å². The molecule has 7 nitrogen and oxygen atoms in total. The molecular weight excluding hydrogens is 272 g/mol. The van der Waals surface area contributed by atoms with Gasteiger partial charge < -0.3 is 20.3 Å². The average molecular weight is 290 g/mol. The fourth-order valence-electron chi connectivity index (χ4n) is 1.44. The molecule has 0 aliphatic carbocycles. The normalized spacial score (nSPS) is 13.2. The third-order valence-electron chi connectivity index (χ3n) is 2.35. The molecule has 1 rings (SSSR count). The number of nitrogen functional groups attached to an aromatic ring is 1. The summed E-state index contributed by atoms with van der Waals surface area (Å²) in [7, 11) is -1.01. The van der Waals surface area contributed by atoms with Gasteiger partial charge in [0.15, 0.2) is 0 Å². The number of anilines is 1. The van der Waals surface area contributed by atoms with Crippen LogP contribution in [-0.4, -0.2) is 47.0 Å². The summed E-state index contributed by atoms with van der Waals surface area (Å²) in [4.78, 5) is -0.0335. The van der Waals surface area contributed by atoms with E-state index in [2.05, 4.69) is 4.72 Å². The van der Waals surface area contributed by atoms with Gasteiger partial charge in [-0.25, -0.2) is 13.1 Å². The summed E-state index contributed by atoms with van der Waals surface area (Å²) in [5.41, 5.74) is 5.95. The van der Waals surface area contributed by atoms with E-state index in [1.165, 1.54) is 32.4 Å². The van der Waals surface area contributed by atoms with Crippen molar-refractivity contribution >= 4 is 15.7 Å². The highest BCUT2D eigenvalue weighted by Crippen LogP contribution is 2.25. The molecule has 0 aromatic heterocycles. The van der Waals surface area contributed by atoms with Gasteiger partial charge in [-0.05, 0) is 12.1 Å². The summed E-state index contributed by atoms with van der Waals surface area (Å²) in [6.45, 7) is -0.106. The van der Waals surface area contributed by atoms with Crippen LogP contribution in [-0.2, 0) is 14.8 Å². The maximum atomic E-state index is 12.0. The maximum absolute atomic E-state index is 12.0. The fourth-order valence-corrected chi connectivity index (χ4v) is 2.66. The van der Waals surface area contributed by atoms with Crippen molar-refractivity contribution in [3.05, 3.63) is 18.2 Å². The van der Waals surface area contributed by atoms with Crippen LogP contribution in [0.1, 0.15) is 0 Å². The van der Waals surface area contributed by atoms with Gasteiger partial charge >= 0.3 is 0 Å². The van der Waals surface area contributed by atoms with Crippen LogP contribution in [0.25, 0.3) is 0 Å². The zero-order valence-electron chi connectivity index (χ0n) is 10.8. The van der Waals surface area contributed by atoms with Crippen LogP contribution < -0.4 is 15.2 Å². The molecule has 8 heteroatoms. The fraction of sp³-hybridized carbons (Fsp3) is 0.455. The molecule has 0 bridgehead atoms. The van der Waals surface area contributed by atoms with Gasteiger partial charge in [0.1, 0.15) is 10.6 Å². The molecule has 0 aliphatic rings. The molecule has 0 saturated carbocycles. The number of hydrogen-bond acceptors (Lipinski definition) is 6. The molecule has 0 saturated heterocycles. The summed E-state index contributed by atoms with van der Waals surface area (Å²) in [5, 5.41) is 9.43. The van der Waals surface area contributed by atoms with Crippen molar-refractivity contribution in [3.63, 3.8) is 0 Å². The molecule has 4 N–H and O–H groups in total. The van der Waals surface area contributed by atoms with Crippen molar-refractivity contribution in [2.75, 3.05) is 33.1 Å². The summed E-state index contributed by atoms with van der Waals surface area (Å²) < 4.78 is 36.1. The number of benzene rings is 1. The molecule has 1 unspecified atom stereocenters. The first-order chi connectivity index (χ1) is 8.90. The number of aliphatic hydroxyl groups is 1. The Kier molecular flexibility index (Phi) is 5.55. The van der Waals surface area contributed by atoms with Crippen molar-refractivity contribution < 1.29 is 23.0 Å². The summed E-state index contributed by atoms with van der Waals surface area (Å²) in [6.07, 6.45) is -0.917. The molecule has 0 spiro atoms. The monoisotopic (exact) mass is 290 g/mol. The van der Waals surface area contributed by atoms with E-state index in [4.69, 9.17) is 15.2 Å². The maximum Gasteiger partial charge on any atom is 0.244 e. The van der Waals surface area contributed by atoms with E-state index in [1.54, 1.807) is 0 Å². The first-order valence-electron chi connectivity index (χ1n) is 5.51. The Balaban J connectivity index is 2.88. The number of nitrogens with two attached hydrogens (primary N) is 1. The smallest absolute Gasteiger partial charge is 0.244 e. The minimum absolute atomic E-state index is 0.0335. The van der Waals surface area contributed by atoms with Crippen LogP contribution in [0.5, 0.6) is 5.75 Å². The summed E-state index contributed by atoms with van der Waals surface area (Å²) in [6, 6.07) is 4.22. The van der Waals surface area contributed by atoms with Crippen LogP contribution in [0.15, 0.2) is 23.1 Å². The molecule has 0 amide bonds. The Hall–Kier alpha value is -1.35. The third-order valence-corrected chi connectivity index (χ3v) is 3.81. The highest BCUT2D eigenvalue weighted by atomic mass is 32.2. The minimum Gasteiger partial charge on any atom is -0.495 e. The Morgan fingerprint density at radius 2 is 2.11 bits per heavy atom. The largest absolute Gasteiger partial charge is 0.495 e. The lowest BCUT2D eigenvalue weighted by Crippen LogP contribution is -2.34. The number of ether oxygens (including phenoxy) is 2. The minimum atomic E-state index is -3.78. The van der Waals surface area contributed by atoms with Gasteiger partial charge in [0.05, 0.1) is 19.8 Å². The molecule has 1 aromatic carbocycles. The predicted octanol–water partition coefficient (Wildman–Crippen LogP) is -0.437. The first kappa shape index (κ1) is 15.7. The van der Waals surface area contributed by atoms with Crippen molar-refractivity contribution in [2.45, 2.75) is 11.0 Å². The molecule has 0 aliphatic heterocycles. The van der Waals surface area contributed by atoms with E-state index in [0.717, 1.165) is 0 Å². The van der Waals surface area contributed by atoms with E-state index in [-0.39, 0.29) is 23.8 Å². The van der Waals surface area contributed by atoms with E-state index >= 15 is 0 Å². The number of nitrogens with one attached hydrogen (secondary N) is 1. The van der Waals surface area contributed by atoms with Crippen molar-refractivity contribution in [1.29, 1.82) is 0 Å². The molecular formula is C11H18N2O5S. The zero-order chi connectivity index (χ0) is 14.5. The van der Waals surface area contributed by atoms with Gasteiger partial charge in [-0.1, -0.05) is 0 Å². The number of hydrogen-bond donors (Lipinski definition) is 3. The Labute approximate surface area is 112 Å². The molecule has 108 valence electrons. The van der Waals surface area contributed by atoms with Crippen molar-refractivity contribution in [3.8, 4) is 5.75 Å². The molecule has 0 radical (unpaired) electrons. The second-order valence-corrected chi connectivity index (χ2v) is 5.61. The molecule has 1 aromatic rings. The van der Waals surface area contributed by atoms with Crippen molar-refractivity contribution in [2.24, 2.45) is 0 Å². The van der Waals surface area contributed by atoms with Crippen LogP contribution in [0, 0.1) is 0 Å². The Morgan fingerprint density at radius 3 is 2.68 bits per heavy atom. The van der Waals surface area contributed by atoms with E-state index in [0.29, 0.717) is 5.69 Å². The van der Waals surface area contributed by atoms with Gasteiger partial charge in [0.25, 0.3) is 0 Å². The highest BCUT2D eigenvalue weighted by Gasteiger charge is 2.20. The Morgan fingerprint density at radius 1 is 1.42 bits per heavy atom. The van der Waals surface area contributed by atoms with Gasteiger partial charge in [-0.2, -0.15) is 0 Å². The first-order valence-corrected chi connectivity index (χ1v) is 6.99. The second-order valence-electron chi connectivity index (χ2n) is 3.87. The lowest BCUT2D eigenvalue weighted by molar-refractivity contribution is 0.0679. The third kappa shape index (κ3) is 4.35.